The Hall–Kier alpha value is -1.99. The molecule has 3 heterocycles. The first kappa shape index (κ1) is 15.5. The van der Waals surface area contributed by atoms with E-state index in [1.165, 1.54) is 12.1 Å². The van der Waals surface area contributed by atoms with E-state index in [1.54, 1.807) is 17.3 Å². The number of nitrogens with one attached hydrogen (secondary N) is 1. The second-order valence-electron chi connectivity index (χ2n) is 6.13. The first-order valence-corrected chi connectivity index (χ1v) is 8.41. The van der Waals surface area contributed by atoms with Crippen LogP contribution in [0.1, 0.15) is 31.1 Å². The minimum Gasteiger partial charge on any atom is -0.311 e. The molecule has 1 aromatic heterocycles. The van der Waals surface area contributed by atoms with Crippen LogP contribution in [-0.2, 0) is 11.3 Å². The van der Waals surface area contributed by atoms with Gasteiger partial charge in [-0.1, -0.05) is 11.6 Å². The van der Waals surface area contributed by atoms with Crippen molar-refractivity contribution in [1.82, 2.24) is 20.1 Å². The van der Waals surface area contributed by atoms with Gasteiger partial charge in [0.1, 0.15) is 18.0 Å². The van der Waals surface area contributed by atoms with E-state index in [0.29, 0.717) is 18.7 Å². The third-order valence-electron chi connectivity index (χ3n) is 4.64. The molecule has 0 saturated carbocycles. The van der Waals surface area contributed by atoms with E-state index in [0.717, 1.165) is 25.2 Å². The molecule has 1 aromatic carbocycles. The minimum absolute atomic E-state index is 0.0192. The molecule has 0 unspecified atom stereocenters. The van der Waals surface area contributed by atoms with Crippen LogP contribution >= 0.6 is 11.6 Å². The number of carbonyl (C=O) groups is 1. The second-order valence-corrected chi connectivity index (χ2v) is 6.54. The van der Waals surface area contributed by atoms with Gasteiger partial charge in [-0.15, -0.1) is 0 Å². The first-order valence-electron chi connectivity index (χ1n) is 8.03. The number of nitrogens with zero attached hydrogens (tertiary/aromatic N) is 4. The molecule has 2 aromatic rings. The average molecular weight is 350 g/mol. The fourth-order valence-corrected chi connectivity index (χ4v) is 3.61. The van der Waals surface area contributed by atoms with Crippen molar-refractivity contribution < 1.29 is 9.18 Å². The molecule has 2 atom stereocenters. The molecule has 1 saturated heterocycles. The zero-order valence-corrected chi connectivity index (χ0v) is 13.7. The first-order chi connectivity index (χ1) is 11.6. The highest BCUT2D eigenvalue weighted by molar-refractivity contribution is 6.31. The van der Waals surface area contributed by atoms with Gasteiger partial charge in [-0.25, -0.2) is 14.1 Å². The number of aromatic nitrogens is 3. The van der Waals surface area contributed by atoms with E-state index < -0.39 is 5.82 Å². The highest BCUT2D eigenvalue weighted by atomic mass is 35.5. The summed E-state index contributed by atoms with van der Waals surface area (Å²) >= 11 is 5.83. The van der Waals surface area contributed by atoms with Gasteiger partial charge in [-0.2, -0.15) is 5.10 Å². The van der Waals surface area contributed by atoms with Gasteiger partial charge in [0.05, 0.1) is 17.1 Å². The summed E-state index contributed by atoms with van der Waals surface area (Å²) in [6, 6.07) is 4.12. The summed E-state index contributed by atoms with van der Waals surface area (Å²) in [6.45, 7) is 1.45. The van der Waals surface area contributed by atoms with E-state index in [2.05, 4.69) is 15.4 Å². The molecule has 24 heavy (non-hydrogen) atoms. The van der Waals surface area contributed by atoms with Crippen molar-refractivity contribution in [1.29, 1.82) is 0 Å². The smallest absolute Gasteiger partial charge is 0.244 e. The number of benzene rings is 1. The predicted octanol–water partition coefficient (Wildman–Crippen LogP) is 2.30. The summed E-state index contributed by atoms with van der Waals surface area (Å²) in [5.74, 6) is 0.384. The molecule has 0 bridgehead atoms. The minimum atomic E-state index is -0.483. The van der Waals surface area contributed by atoms with Crippen LogP contribution in [0, 0.1) is 5.82 Å². The summed E-state index contributed by atoms with van der Waals surface area (Å²) in [5.41, 5.74) is 0.627. The molecule has 0 spiro atoms. The zero-order chi connectivity index (χ0) is 16.7. The van der Waals surface area contributed by atoms with Crippen LogP contribution in [0.5, 0.6) is 0 Å². The Bertz CT molecular complexity index is 780. The predicted molar refractivity (Wildman–Crippen MR) is 87.3 cm³/mol. The third-order valence-corrected chi connectivity index (χ3v) is 4.93. The summed E-state index contributed by atoms with van der Waals surface area (Å²) in [5, 5.41) is 7.64. The number of anilines is 1. The van der Waals surface area contributed by atoms with Crippen LogP contribution in [0.3, 0.4) is 0 Å². The molecule has 4 rings (SSSR count). The van der Waals surface area contributed by atoms with Gasteiger partial charge >= 0.3 is 0 Å². The maximum atomic E-state index is 13.3. The third kappa shape index (κ3) is 2.67. The number of aryl methyl sites for hydroxylation is 1. The normalized spacial score (nSPS) is 23.6. The van der Waals surface area contributed by atoms with Gasteiger partial charge in [0.25, 0.3) is 0 Å². The van der Waals surface area contributed by atoms with Crippen LogP contribution in [0.4, 0.5) is 10.1 Å². The molecular weight excluding hydrogens is 333 g/mol. The molecule has 126 valence electrons. The number of fused-ring (bicyclic) bond motifs is 1. The summed E-state index contributed by atoms with van der Waals surface area (Å²) < 4.78 is 15.2. The Morgan fingerprint density at radius 2 is 2.12 bits per heavy atom. The van der Waals surface area contributed by atoms with Gasteiger partial charge < -0.3 is 4.90 Å². The lowest BCUT2D eigenvalue weighted by Crippen LogP contribution is -2.42. The van der Waals surface area contributed by atoms with Gasteiger partial charge in [0, 0.05) is 18.8 Å². The lowest BCUT2D eigenvalue weighted by molar-refractivity contribution is -0.119. The lowest BCUT2D eigenvalue weighted by atomic mass is 10.1. The van der Waals surface area contributed by atoms with Crippen LogP contribution < -0.4 is 10.2 Å². The molecule has 0 aliphatic carbocycles. The van der Waals surface area contributed by atoms with Crippen molar-refractivity contribution in [3.05, 3.63) is 41.2 Å². The molecular formula is C16H17ClFN5O. The van der Waals surface area contributed by atoms with E-state index in [4.69, 9.17) is 11.6 Å². The second kappa shape index (κ2) is 6.14. The van der Waals surface area contributed by atoms with E-state index in [-0.39, 0.29) is 23.0 Å². The van der Waals surface area contributed by atoms with Gasteiger partial charge in [-0.3, -0.25) is 10.1 Å². The summed E-state index contributed by atoms with van der Waals surface area (Å²) in [4.78, 5) is 18.7. The quantitative estimate of drug-likeness (QED) is 0.923. The zero-order valence-electron chi connectivity index (χ0n) is 13.0. The van der Waals surface area contributed by atoms with Crippen molar-refractivity contribution in [3.8, 4) is 0 Å². The highest BCUT2D eigenvalue weighted by Crippen LogP contribution is 2.29. The summed E-state index contributed by atoms with van der Waals surface area (Å²) in [6.07, 6.45) is 4.19. The SMILES string of the molecule is O=C1[C@H](N[C@H]2CCCn3ncnc32)CCN1c1ccc(F)c(Cl)c1. The fraction of sp³-hybridized carbons (Fsp3) is 0.438. The van der Waals surface area contributed by atoms with E-state index >= 15 is 0 Å². The Morgan fingerprint density at radius 1 is 1.25 bits per heavy atom. The number of halogens is 2. The maximum absolute atomic E-state index is 13.3. The molecule has 1 fully saturated rings. The molecule has 2 aliphatic heterocycles. The molecule has 8 heteroatoms. The maximum Gasteiger partial charge on any atom is 0.244 e. The lowest BCUT2D eigenvalue weighted by Gasteiger charge is -2.26. The van der Waals surface area contributed by atoms with Crippen LogP contribution in [0.15, 0.2) is 24.5 Å². The van der Waals surface area contributed by atoms with E-state index in [9.17, 15) is 9.18 Å². The Labute approximate surface area is 143 Å². The molecule has 1 amide bonds. The van der Waals surface area contributed by atoms with Crippen molar-refractivity contribution in [3.63, 3.8) is 0 Å². The van der Waals surface area contributed by atoms with Crippen LogP contribution in [0.25, 0.3) is 0 Å². The number of hydrogen-bond donors (Lipinski definition) is 1. The Morgan fingerprint density at radius 3 is 2.96 bits per heavy atom. The van der Waals surface area contributed by atoms with Crippen LogP contribution in [-0.4, -0.2) is 33.3 Å². The fourth-order valence-electron chi connectivity index (χ4n) is 3.43. The average Bonchev–Trinajstić information content (AvgIpc) is 3.18. The standard InChI is InChI=1S/C16H17ClFN5O/c17-11-8-10(3-4-12(11)18)22-7-5-14(16(22)24)21-13-2-1-6-23-15(13)19-9-20-23/h3-4,8-9,13-14,21H,1-2,5-7H2/t13-,14+/m0/s1. The summed E-state index contributed by atoms with van der Waals surface area (Å²) in [7, 11) is 0. The Kier molecular flexibility index (Phi) is 3.97. The number of hydrogen-bond acceptors (Lipinski definition) is 4. The van der Waals surface area contributed by atoms with Crippen molar-refractivity contribution in [2.75, 3.05) is 11.4 Å². The number of rotatable bonds is 3. The van der Waals surface area contributed by atoms with Gasteiger partial charge in [0.2, 0.25) is 5.91 Å². The number of amides is 1. The van der Waals surface area contributed by atoms with Gasteiger partial charge in [0.15, 0.2) is 0 Å². The molecule has 6 nitrogen and oxygen atoms in total. The van der Waals surface area contributed by atoms with E-state index in [1.807, 2.05) is 4.68 Å². The van der Waals surface area contributed by atoms with Crippen LogP contribution in [0.2, 0.25) is 5.02 Å². The van der Waals surface area contributed by atoms with Crippen molar-refractivity contribution >= 4 is 23.2 Å². The topological polar surface area (TPSA) is 63.1 Å². The Balaban J connectivity index is 1.49. The molecule has 1 N–H and O–H groups in total. The monoisotopic (exact) mass is 349 g/mol. The van der Waals surface area contributed by atoms with Gasteiger partial charge in [-0.05, 0) is 37.5 Å². The van der Waals surface area contributed by atoms with Crippen molar-refractivity contribution in [2.45, 2.75) is 37.9 Å². The highest BCUT2D eigenvalue weighted by Gasteiger charge is 2.35. The van der Waals surface area contributed by atoms with Crippen molar-refractivity contribution in [2.24, 2.45) is 0 Å². The number of carbonyl (C=O) groups excluding carboxylic acids is 1. The molecule has 0 radical (unpaired) electrons. The molecule has 2 aliphatic rings. The largest absolute Gasteiger partial charge is 0.311 e.